The summed E-state index contributed by atoms with van der Waals surface area (Å²) in [4.78, 5) is 21.8. The first-order valence-corrected chi connectivity index (χ1v) is 12.3. The summed E-state index contributed by atoms with van der Waals surface area (Å²) < 4.78 is 28.0. The minimum absolute atomic E-state index is 0. The quantitative estimate of drug-likeness (QED) is 0.264. The highest BCUT2D eigenvalue weighted by Gasteiger charge is 2.34. The van der Waals surface area contributed by atoms with Gasteiger partial charge in [-0.15, -0.1) is 24.8 Å². The number of nitrogens with zero attached hydrogens (tertiary/aromatic N) is 4. The molecule has 0 saturated carbocycles. The molecule has 0 aliphatic carbocycles. The molecule has 0 N–H and O–H groups in total. The van der Waals surface area contributed by atoms with Gasteiger partial charge >= 0.3 is 5.97 Å². The Kier molecular flexibility index (Phi) is 9.61. The summed E-state index contributed by atoms with van der Waals surface area (Å²) in [5, 5.41) is 0.838. The van der Waals surface area contributed by atoms with Gasteiger partial charge < -0.3 is 18.9 Å². The van der Waals surface area contributed by atoms with E-state index in [4.69, 9.17) is 9.47 Å². The van der Waals surface area contributed by atoms with Gasteiger partial charge in [0.15, 0.2) is 6.23 Å². The second-order valence-corrected chi connectivity index (χ2v) is 9.64. The minimum atomic E-state index is -0.419. The number of rotatable bonds is 6. The summed E-state index contributed by atoms with van der Waals surface area (Å²) >= 11 is 0. The zero-order chi connectivity index (χ0) is 26.3. The van der Waals surface area contributed by atoms with Crippen LogP contribution < -0.4 is 4.74 Å². The maximum Gasteiger partial charge on any atom is 0.340 e. The molecule has 2 aromatic heterocycles. The Morgan fingerprint density at radius 2 is 1.90 bits per heavy atom. The molecule has 0 fully saturated rings. The molecule has 1 atom stereocenters. The number of aromatic nitrogens is 2. The number of esters is 1. The highest BCUT2D eigenvalue weighted by atomic mass is 35.5. The summed E-state index contributed by atoms with van der Waals surface area (Å²) in [6.45, 7) is 3.20. The monoisotopic (exact) mass is 574 g/mol. The fourth-order valence-electron chi connectivity index (χ4n) is 5.12. The van der Waals surface area contributed by atoms with Gasteiger partial charge in [0.2, 0.25) is 0 Å². The van der Waals surface area contributed by atoms with Crippen molar-refractivity contribution in [2.75, 3.05) is 27.7 Å². The number of ether oxygens (including phenoxy) is 2. The number of carbonyl (C=O) groups excluding carboxylic acids is 1. The molecule has 1 aliphatic rings. The highest BCUT2D eigenvalue weighted by molar-refractivity contribution is 6.09. The van der Waals surface area contributed by atoms with Crippen LogP contribution in [0.4, 0.5) is 4.39 Å². The van der Waals surface area contributed by atoms with E-state index in [1.165, 1.54) is 12.1 Å². The molecule has 1 aliphatic heterocycles. The fraction of sp³-hybridized carbons (Fsp3) is 0.310. The third-order valence-corrected chi connectivity index (χ3v) is 6.77. The molecule has 0 saturated heterocycles. The van der Waals surface area contributed by atoms with Crippen LogP contribution in [0.3, 0.4) is 0 Å². The summed E-state index contributed by atoms with van der Waals surface area (Å²) in [6, 6.07) is 12.3. The van der Waals surface area contributed by atoms with Crippen LogP contribution in [0.15, 0.2) is 54.9 Å². The number of pyridine rings is 1. The fourth-order valence-corrected chi connectivity index (χ4v) is 5.12. The standard InChI is InChI=1S/C29H31FN4O3.2ClH/c1-6-36-29(35)26-24(17-32(2)3)34(5)23-14-21(19-8-7-13-31-15-19)27-22(25(23)26)16-33(4)28(37-27)18-9-11-20(30)12-10-18;;/h7-15,28H,6,16-17H2,1-5H3;2*1H. The molecule has 0 bridgehead atoms. The van der Waals surface area contributed by atoms with Crippen molar-refractivity contribution in [2.45, 2.75) is 26.2 Å². The van der Waals surface area contributed by atoms with Crippen LogP contribution >= 0.6 is 24.8 Å². The van der Waals surface area contributed by atoms with Crippen molar-refractivity contribution < 1.29 is 18.7 Å². The topological polar surface area (TPSA) is 59.8 Å². The molecule has 2 aromatic carbocycles. The van der Waals surface area contributed by atoms with Gasteiger partial charge in [-0.1, -0.05) is 18.2 Å². The van der Waals surface area contributed by atoms with Crippen molar-refractivity contribution in [3.05, 3.63) is 83.1 Å². The van der Waals surface area contributed by atoms with Crippen molar-refractivity contribution in [1.82, 2.24) is 19.4 Å². The van der Waals surface area contributed by atoms with Crippen LogP contribution in [0.2, 0.25) is 0 Å². The lowest BCUT2D eigenvalue weighted by atomic mass is 9.95. The SMILES string of the molecule is CCOC(=O)c1c(CN(C)C)n(C)c2cc(-c3cccnc3)c3c(c12)CN(C)C(c1ccc(F)cc1)O3.Cl.Cl. The lowest BCUT2D eigenvalue weighted by molar-refractivity contribution is 0.0187. The van der Waals surface area contributed by atoms with Crippen LogP contribution in [0.25, 0.3) is 22.0 Å². The summed E-state index contributed by atoms with van der Waals surface area (Å²) in [5.74, 6) is 0.0576. The van der Waals surface area contributed by atoms with Gasteiger partial charge in [-0.05, 0) is 52.3 Å². The maximum absolute atomic E-state index is 13.7. The largest absolute Gasteiger partial charge is 0.470 e. The lowest BCUT2D eigenvalue weighted by Crippen LogP contribution is -2.33. The Balaban J connectivity index is 0.00000210. The minimum Gasteiger partial charge on any atom is -0.470 e. The lowest BCUT2D eigenvalue weighted by Gasteiger charge is -2.36. The third-order valence-electron chi connectivity index (χ3n) is 6.77. The van der Waals surface area contributed by atoms with Crippen molar-refractivity contribution in [2.24, 2.45) is 7.05 Å². The van der Waals surface area contributed by atoms with Gasteiger partial charge in [0.1, 0.15) is 11.6 Å². The number of carbonyl (C=O) groups is 1. The van der Waals surface area contributed by atoms with E-state index in [0.717, 1.165) is 38.9 Å². The molecule has 5 rings (SSSR count). The van der Waals surface area contributed by atoms with Crippen molar-refractivity contribution >= 4 is 41.7 Å². The number of hydrogen-bond donors (Lipinski definition) is 0. The Hall–Kier alpha value is -3.17. The summed E-state index contributed by atoms with van der Waals surface area (Å²) in [5.41, 5.74) is 5.94. The molecule has 3 heterocycles. The third kappa shape index (κ3) is 5.61. The van der Waals surface area contributed by atoms with Gasteiger partial charge in [0.25, 0.3) is 0 Å². The summed E-state index contributed by atoms with van der Waals surface area (Å²) in [6.07, 6.45) is 3.13. The van der Waals surface area contributed by atoms with Gasteiger partial charge in [-0.25, -0.2) is 9.18 Å². The predicted molar refractivity (Wildman–Crippen MR) is 155 cm³/mol. The maximum atomic E-state index is 13.7. The second-order valence-electron chi connectivity index (χ2n) is 9.64. The Bertz CT molecular complexity index is 1460. The van der Waals surface area contributed by atoms with E-state index in [-0.39, 0.29) is 43.2 Å². The zero-order valence-electron chi connectivity index (χ0n) is 22.6. The van der Waals surface area contributed by atoms with E-state index in [0.29, 0.717) is 24.4 Å². The smallest absolute Gasteiger partial charge is 0.340 e. The van der Waals surface area contributed by atoms with Crippen molar-refractivity contribution in [1.29, 1.82) is 0 Å². The van der Waals surface area contributed by atoms with Crippen LogP contribution in [0.1, 0.15) is 40.3 Å². The number of hydrogen-bond acceptors (Lipinski definition) is 6. The first-order valence-electron chi connectivity index (χ1n) is 12.3. The summed E-state index contributed by atoms with van der Waals surface area (Å²) in [7, 11) is 7.91. The molecule has 7 nitrogen and oxygen atoms in total. The van der Waals surface area contributed by atoms with Gasteiger partial charge in [0, 0.05) is 65.9 Å². The number of aryl methyl sites for hydroxylation is 1. The van der Waals surface area contributed by atoms with Crippen LogP contribution in [-0.2, 0) is 24.9 Å². The highest BCUT2D eigenvalue weighted by Crippen LogP contribution is 2.47. The van der Waals surface area contributed by atoms with Crippen molar-refractivity contribution in [3.63, 3.8) is 0 Å². The predicted octanol–water partition coefficient (Wildman–Crippen LogP) is 5.98. The van der Waals surface area contributed by atoms with Crippen LogP contribution in [0.5, 0.6) is 5.75 Å². The normalized spacial score (nSPS) is 14.8. The van der Waals surface area contributed by atoms with Crippen LogP contribution in [-0.4, -0.2) is 53.1 Å². The molecular formula is C29H33Cl2FN4O3. The van der Waals surface area contributed by atoms with Crippen molar-refractivity contribution in [3.8, 4) is 16.9 Å². The van der Waals surface area contributed by atoms with E-state index in [1.807, 2.05) is 58.3 Å². The Morgan fingerprint density at radius 3 is 2.51 bits per heavy atom. The Morgan fingerprint density at radius 1 is 1.18 bits per heavy atom. The van der Waals surface area contributed by atoms with Gasteiger partial charge in [-0.2, -0.15) is 0 Å². The van der Waals surface area contributed by atoms with E-state index in [9.17, 15) is 9.18 Å². The number of fused-ring (bicyclic) bond motifs is 3. The van der Waals surface area contributed by atoms with E-state index in [1.54, 1.807) is 18.3 Å². The average molecular weight is 576 g/mol. The molecule has 1 unspecified atom stereocenters. The van der Waals surface area contributed by atoms with E-state index in [2.05, 4.69) is 20.5 Å². The molecule has 0 radical (unpaired) electrons. The molecule has 4 aromatic rings. The number of benzene rings is 2. The van der Waals surface area contributed by atoms with Gasteiger partial charge in [-0.3, -0.25) is 9.88 Å². The molecule has 10 heteroatoms. The molecule has 208 valence electrons. The molecule has 0 spiro atoms. The number of halogens is 3. The van der Waals surface area contributed by atoms with Crippen LogP contribution in [0, 0.1) is 5.82 Å². The molecular weight excluding hydrogens is 542 g/mol. The average Bonchev–Trinajstić information content (AvgIpc) is 3.15. The van der Waals surface area contributed by atoms with Gasteiger partial charge in [0.05, 0.1) is 17.7 Å². The second kappa shape index (κ2) is 12.3. The first-order chi connectivity index (χ1) is 17.8. The zero-order valence-corrected chi connectivity index (χ0v) is 24.2. The van der Waals surface area contributed by atoms with E-state index < -0.39 is 6.23 Å². The first kappa shape index (κ1) is 30.4. The van der Waals surface area contributed by atoms with E-state index >= 15 is 0 Å². The molecule has 39 heavy (non-hydrogen) atoms. The molecule has 0 amide bonds. The Labute approximate surface area is 240 Å².